The molecule has 8 heteroatoms. The van der Waals surface area contributed by atoms with Crippen LogP contribution in [-0.4, -0.2) is 24.1 Å². The van der Waals surface area contributed by atoms with Crippen LogP contribution in [-0.2, 0) is 27.4 Å². The Morgan fingerprint density at radius 3 is 1.87 bits per heavy atom. The van der Waals surface area contributed by atoms with Crippen molar-refractivity contribution in [2.45, 2.75) is 13.2 Å². The Hall–Kier alpha value is -3.46. The maximum absolute atomic E-state index is 12.6. The van der Waals surface area contributed by atoms with Crippen molar-refractivity contribution in [3.63, 3.8) is 0 Å². The summed E-state index contributed by atoms with van der Waals surface area (Å²) >= 11 is 0. The number of hydrogen-bond donors (Lipinski definition) is 2. The Bertz CT molecular complexity index is 997. The average molecular weight is 405 g/mol. The normalized spacial score (nSPS) is 10.3. The maximum atomic E-state index is 12.6. The van der Waals surface area contributed by atoms with Crippen LogP contribution in [0.1, 0.15) is 31.8 Å². The van der Waals surface area contributed by atoms with Crippen molar-refractivity contribution in [3.8, 4) is 0 Å². The van der Waals surface area contributed by atoms with Crippen LogP contribution in [0.25, 0.3) is 0 Å². The zero-order valence-electron chi connectivity index (χ0n) is 16.1. The van der Waals surface area contributed by atoms with E-state index in [1.165, 1.54) is 18.2 Å². The first-order valence-corrected chi connectivity index (χ1v) is 9.18. The standard InChI is InChI=1S/C22H20BNO6/c24-30-23(27)20-12-11-18(21(25)28-14-16-7-3-1-4-8-16)13-19(20)22(26)29-15-17-9-5-2-6-10-17/h1-13,27H,14-15,24H2. The number of benzene rings is 3. The Morgan fingerprint density at radius 2 is 1.33 bits per heavy atom. The van der Waals surface area contributed by atoms with E-state index in [2.05, 4.69) is 4.76 Å². The summed E-state index contributed by atoms with van der Waals surface area (Å²) < 4.78 is 15.0. The van der Waals surface area contributed by atoms with Gasteiger partial charge in [0.15, 0.2) is 0 Å². The zero-order chi connectivity index (χ0) is 21.3. The molecule has 3 rings (SSSR count). The quantitative estimate of drug-likeness (QED) is 0.335. The Kier molecular flexibility index (Phi) is 7.34. The van der Waals surface area contributed by atoms with Crippen molar-refractivity contribution >= 4 is 24.5 Å². The maximum Gasteiger partial charge on any atom is 0.509 e. The van der Waals surface area contributed by atoms with Gasteiger partial charge in [-0.1, -0.05) is 66.7 Å². The van der Waals surface area contributed by atoms with Crippen LogP contribution in [0, 0.1) is 0 Å². The number of ether oxygens (including phenoxy) is 2. The van der Waals surface area contributed by atoms with Crippen LogP contribution in [0.3, 0.4) is 0 Å². The first kappa shape index (κ1) is 21.3. The molecule has 0 aliphatic heterocycles. The van der Waals surface area contributed by atoms with Gasteiger partial charge in [-0.2, -0.15) is 0 Å². The van der Waals surface area contributed by atoms with Gasteiger partial charge in [0.2, 0.25) is 0 Å². The molecule has 0 aromatic heterocycles. The van der Waals surface area contributed by atoms with Crippen LogP contribution < -0.4 is 11.4 Å². The third kappa shape index (κ3) is 5.54. The first-order valence-electron chi connectivity index (χ1n) is 9.18. The molecule has 3 N–H and O–H groups in total. The minimum atomic E-state index is -1.56. The lowest BCUT2D eigenvalue weighted by Gasteiger charge is -2.13. The molecular weight excluding hydrogens is 385 g/mol. The number of carbonyl (C=O) groups excluding carboxylic acids is 2. The van der Waals surface area contributed by atoms with Crippen LogP contribution in [0.4, 0.5) is 0 Å². The highest BCUT2D eigenvalue weighted by molar-refractivity contribution is 6.61. The van der Waals surface area contributed by atoms with E-state index in [1.807, 2.05) is 60.7 Å². The second kappa shape index (κ2) is 10.4. The molecule has 3 aromatic rings. The van der Waals surface area contributed by atoms with Crippen molar-refractivity contribution < 1.29 is 28.8 Å². The molecule has 3 aromatic carbocycles. The molecule has 0 bridgehead atoms. The molecule has 0 spiro atoms. The van der Waals surface area contributed by atoms with E-state index in [-0.39, 0.29) is 29.8 Å². The third-order valence-corrected chi connectivity index (χ3v) is 4.33. The lowest BCUT2D eigenvalue weighted by Crippen LogP contribution is -2.40. The van der Waals surface area contributed by atoms with Crippen molar-refractivity contribution in [1.82, 2.24) is 0 Å². The number of nitrogens with two attached hydrogens (primary N) is 1. The Balaban J connectivity index is 1.77. The topological polar surface area (TPSA) is 108 Å². The minimum Gasteiger partial charge on any atom is -0.457 e. The summed E-state index contributed by atoms with van der Waals surface area (Å²) in [7, 11) is -1.56. The molecule has 152 valence electrons. The molecule has 7 nitrogen and oxygen atoms in total. The summed E-state index contributed by atoms with van der Waals surface area (Å²) in [4.78, 5) is 25.1. The Labute approximate surface area is 174 Å². The molecule has 0 amide bonds. The van der Waals surface area contributed by atoms with E-state index in [1.54, 1.807) is 0 Å². The first-order chi connectivity index (χ1) is 14.6. The minimum absolute atomic E-state index is 0.0291. The van der Waals surface area contributed by atoms with Crippen LogP contribution in [0.15, 0.2) is 78.9 Å². The monoisotopic (exact) mass is 405 g/mol. The second-order valence-corrected chi connectivity index (χ2v) is 6.41. The van der Waals surface area contributed by atoms with Crippen molar-refractivity contribution in [2.24, 2.45) is 5.90 Å². The van der Waals surface area contributed by atoms with E-state index in [9.17, 15) is 14.6 Å². The number of rotatable bonds is 8. The molecule has 30 heavy (non-hydrogen) atoms. The van der Waals surface area contributed by atoms with Gasteiger partial charge in [-0.3, -0.25) is 0 Å². The SMILES string of the molecule is NOB(O)c1ccc(C(=O)OCc2ccccc2)cc1C(=O)OCc1ccccc1. The van der Waals surface area contributed by atoms with E-state index in [0.29, 0.717) is 0 Å². The molecule has 0 aliphatic carbocycles. The Morgan fingerprint density at radius 1 is 0.800 bits per heavy atom. The van der Waals surface area contributed by atoms with Crippen molar-refractivity contribution in [2.75, 3.05) is 0 Å². The van der Waals surface area contributed by atoms with E-state index < -0.39 is 19.1 Å². The van der Waals surface area contributed by atoms with Crippen molar-refractivity contribution in [3.05, 3.63) is 101 Å². The molecule has 0 unspecified atom stereocenters. The highest BCUT2D eigenvalue weighted by atomic mass is 16.6. The van der Waals surface area contributed by atoms with Crippen LogP contribution in [0.2, 0.25) is 0 Å². The van der Waals surface area contributed by atoms with Gasteiger partial charge in [0, 0.05) is 0 Å². The number of esters is 2. The fourth-order valence-corrected chi connectivity index (χ4v) is 2.76. The predicted molar refractivity (Wildman–Crippen MR) is 110 cm³/mol. The van der Waals surface area contributed by atoms with Gasteiger partial charge < -0.3 is 19.3 Å². The number of hydrogen-bond acceptors (Lipinski definition) is 7. The van der Waals surface area contributed by atoms with Gasteiger partial charge >= 0.3 is 19.1 Å². The van der Waals surface area contributed by atoms with Crippen molar-refractivity contribution in [1.29, 1.82) is 0 Å². The summed E-state index contributed by atoms with van der Waals surface area (Å²) in [6, 6.07) is 22.4. The van der Waals surface area contributed by atoms with Crippen LogP contribution in [0.5, 0.6) is 0 Å². The summed E-state index contributed by atoms with van der Waals surface area (Å²) in [6.07, 6.45) is 0. The third-order valence-electron chi connectivity index (χ3n) is 4.33. The van der Waals surface area contributed by atoms with E-state index in [0.717, 1.165) is 11.1 Å². The van der Waals surface area contributed by atoms with Gasteiger partial charge in [0.1, 0.15) is 13.2 Å². The zero-order valence-corrected chi connectivity index (χ0v) is 16.1. The predicted octanol–water partition coefficient (Wildman–Crippen LogP) is 1.98. The molecular formula is C22H20BNO6. The van der Waals surface area contributed by atoms with Gasteiger partial charge in [-0.15, -0.1) is 0 Å². The van der Waals surface area contributed by atoms with Gasteiger partial charge in [0.25, 0.3) is 0 Å². The highest BCUT2D eigenvalue weighted by Crippen LogP contribution is 2.11. The lowest BCUT2D eigenvalue weighted by molar-refractivity contribution is 0.0471. The molecule has 0 aliphatic rings. The molecule has 0 saturated carbocycles. The van der Waals surface area contributed by atoms with E-state index in [4.69, 9.17) is 15.4 Å². The summed E-state index contributed by atoms with van der Waals surface area (Å²) in [6.45, 7) is 0.116. The molecule has 0 radical (unpaired) electrons. The smallest absolute Gasteiger partial charge is 0.457 e. The summed E-state index contributed by atoms with van der Waals surface area (Å²) in [5.41, 5.74) is 1.79. The average Bonchev–Trinajstić information content (AvgIpc) is 2.81. The summed E-state index contributed by atoms with van der Waals surface area (Å²) in [5.74, 6) is 3.70. The fraction of sp³-hybridized carbons (Fsp3) is 0.0909. The van der Waals surface area contributed by atoms with Gasteiger partial charge in [-0.05, 0) is 28.7 Å². The highest BCUT2D eigenvalue weighted by Gasteiger charge is 2.26. The second-order valence-electron chi connectivity index (χ2n) is 6.41. The molecule has 0 fully saturated rings. The fourth-order valence-electron chi connectivity index (χ4n) is 2.76. The molecule has 0 atom stereocenters. The number of carbonyl (C=O) groups is 2. The summed E-state index contributed by atoms with van der Waals surface area (Å²) in [5, 5.41) is 9.95. The largest absolute Gasteiger partial charge is 0.509 e. The molecule has 0 heterocycles. The van der Waals surface area contributed by atoms with Gasteiger partial charge in [-0.25, -0.2) is 15.5 Å². The van der Waals surface area contributed by atoms with E-state index >= 15 is 0 Å². The van der Waals surface area contributed by atoms with Crippen LogP contribution >= 0.6 is 0 Å². The lowest BCUT2D eigenvalue weighted by atomic mass is 9.76. The van der Waals surface area contributed by atoms with Gasteiger partial charge in [0.05, 0.1) is 11.1 Å². The molecule has 0 saturated heterocycles.